The molecular weight excluding hydrogens is 366 g/mol. The number of fused-ring (bicyclic) bond motifs is 3. The van der Waals surface area contributed by atoms with Crippen molar-refractivity contribution in [3.05, 3.63) is 59.3 Å². The number of aromatic nitrogens is 2. The zero-order valence-electron chi connectivity index (χ0n) is 17.2. The summed E-state index contributed by atoms with van der Waals surface area (Å²) >= 11 is 0. The Morgan fingerprint density at radius 1 is 1.10 bits per heavy atom. The lowest BCUT2D eigenvalue weighted by Gasteiger charge is -2.30. The minimum Gasteiger partial charge on any atom is -0.490 e. The Kier molecular flexibility index (Phi) is 5.01. The van der Waals surface area contributed by atoms with E-state index in [2.05, 4.69) is 9.88 Å². The number of ketones is 1. The van der Waals surface area contributed by atoms with Crippen LogP contribution in [0.25, 0.3) is 11.0 Å². The highest BCUT2D eigenvalue weighted by molar-refractivity contribution is 5.97. The molecule has 2 heterocycles. The lowest BCUT2D eigenvalue weighted by molar-refractivity contribution is -0.114. The lowest BCUT2D eigenvalue weighted by Crippen LogP contribution is -2.27. The third-order valence-electron chi connectivity index (χ3n) is 5.09. The molecule has 0 saturated heterocycles. The van der Waals surface area contributed by atoms with Crippen molar-refractivity contribution in [1.82, 2.24) is 9.55 Å². The molecule has 0 bridgehead atoms. The first-order valence-corrected chi connectivity index (χ1v) is 9.90. The van der Waals surface area contributed by atoms with E-state index in [9.17, 15) is 4.79 Å². The highest BCUT2D eigenvalue weighted by atomic mass is 16.5. The maximum Gasteiger partial charge on any atom is 0.209 e. The third kappa shape index (κ3) is 3.24. The molecule has 2 aromatic carbocycles. The van der Waals surface area contributed by atoms with Crippen LogP contribution < -0.4 is 14.8 Å². The van der Waals surface area contributed by atoms with E-state index in [1.54, 1.807) is 6.92 Å². The fraction of sp³-hybridized carbons (Fsp3) is 0.304. The fourth-order valence-electron chi connectivity index (χ4n) is 3.97. The number of nitrogens with one attached hydrogen (secondary N) is 1. The maximum absolute atomic E-state index is 12.7. The van der Waals surface area contributed by atoms with Gasteiger partial charge >= 0.3 is 0 Å². The number of Topliss-reactive ketones (excluding diaryl/α,β-unsaturated/α-hetero) is 1. The van der Waals surface area contributed by atoms with E-state index in [1.165, 1.54) is 0 Å². The Morgan fingerprint density at radius 3 is 2.55 bits per heavy atom. The smallest absolute Gasteiger partial charge is 0.209 e. The summed E-state index contributed by atoms with van der Waals surface area (Å²) in [5, 5.41) is 3.31. The molecule has 1 N–H and O–H groups in total. The van der Waals surface area contributed by atoms with Crippen LogP contribution in [0, 0.1) is 0 Å². The number of hydrogen-bond donors (Lipinski definition) is 1. The van der Waals surface area contributed by atoms with Gasteiger partial charge in [-0.3, -0.25) is 9.36 Å². The van der Waals surface area contributed by atoms with Gasteiger partial charge in [0.1, 0.15) is 0 Å². The molecule has 0 radical (unpaired) electrons. The van der Waals surface area contributed by atoms with Gasteiger partial charge in [-0.1, -0.05) is 18.2 Å². The summed E-state index contributed by atoms with van der Waals surface area (Å²) in [6, 6.07) is 13.5. The van der Waals surface area contributed by atoms with Gasteiger partial charge in [0.25, 0.3) is 0 Å². The maximum atomic E-state index is 12.7. The number of carbonyl (C=O) groups is 1. The van der Waals surface area contributed by atoms with Gasteiger partial charge in [-0.2, -0.15) is 0 Å². The van der Waals surface area contributed by atoms with Crippen LogP contribution in [0.5, 0.6) is 11.5 Å². The van der Waals surface area contributed by atoms with Crippen molar-refractivity contribution in [2.24, 2.45) is 0 Å². The summed E-state index contributed by atoms with van der Waals surface area (Å²) in [7, 11) is 0. The summed E-state index contributed by atoms with van der Waals surface area (Å²) in [6.07, 6.45) is 0. The van der Waals surface area contributed by atoms with Gasteiger partial charge in [0.15, 0.2) is 17.3 Å². The number of allylic oxidation sites excluding steroid dienone is 2. The fourth-order valence-corrected chi connectivity index (χ4v) is 3.97. The van der Waals surface area contributed by atoms with Crippen LogP contribution >= 0.6 is 0 Å². The number of carbonyl (C=O) groups excluding carboxylic acids is 1. The Balaban J connectivity index is 1.95. The second kappa shape index (κ2) is 7.62. The van der Waals surface area contributed by atoms with Crippen LogP contribution in [0.1, 0.15) is 39.3 Å². The second-order valence-electron chi connectivity index (χ2n) is 6.99. The van der Waals surface area contributed by atoms with E-state index in [4.69, 9.17) is 14.5 Å². The molecule has 1 aliphatic rings. The monoisotopic (exact) mass is 391 g/mol. The number of hydrogen-bond acceptors (Lipinski definition) is 5. The number of rotatable bonds is 6. The van der Waals surface area contributed by atoms with Crippen LogP contribution in [-0.4, -0.2) is 28.5 Å². The van der Waals surface area contributed by atoms with Gasteiger partial charge in [0, 0.05) is 11.3 Å². The van der Waals surface area contributed by atoms with Crippen molar-refractivity contribution in [2.45, 2.75) is 33.7 Å². The Labute approximate surface area is 170 Å². The highest BCUT2D eigenvalue weighted by Gasteiger charge is 2.32. The highest BCUT2D eigenvalue weighted by Crippen LogP contribution is 2.41. The van der Waals surface area contributed by atoms with E-state index in [-0.39, 0.29) is 11.8 Å². The molecule has 4 rings (SSSR count). The summed E-state index contributed by atoms with van der Waals surface area (Å²) in [4.78, 5) is 17.4. The minimum absolute atomic E-state index is 0.0234. The zero-order valence-corrected chi connectivity index (χ0v) is 17.2. The predicted molar refractivity (Wildman–Crippen MR) is 114 cm³/mol. The summed E-state index contributed by atoms with van der Waals surface area (Å²) in [5.41, 5.74) is 4.34. The van der Waals surface area contributed by atoms with Crippen molar-refractivity contribution < 1.29 is 14.3 Å². The van der Waals surface area contributed by atoms with E-state index in [1.807, 2.05) is 63.2 Å². The van der Waals surface area contributed by atoms with E-state index in [0.29, 0.717) is 30.3 Å². The van der Waals surface area contributed by atoms with Gasteiger partial charge < -0.3 is 14.8 Å². The Bertz CT molecular complexity index is 1110. The van der Waals surface area contributed by atoms with Crippen molar-refractivity contribution >= 4 is 22.8 Å². The SMILES string of the molecule is CCOc1ccc([C@H]2C(C(C)=O)=C(C)Nc3nc4ccccc4n32)cc1OCC. The molecule has 150 valence electrons. The molecule has 0 spiro atoms. The number of benzene rings is 2. The molecule has 0 aliphatic carbocycles. The molecule has 1 aromatic heterocycles. The molecular formula is C23H25N3O3. The number of para-hydroxylation sites is 2. The van der Waals surface area contributed by atoms with Crippen LogP contribution in [0.4, 0.5) is 5.95 Å². The second-order valence-corrected chi connectivity index (χ2v) is 6.99. The summed E-state index contributed by atoms with van der Waals surface area (Å²) < 4.78 is 13.6. The molecule has 0 fully saturated rings. The molecule has 1 aliphatic heterocycles. The Morgan fingerprint density at radius 2 is 1.83 bits per heavy atom. The third-order valence-corrected chi connectivity index (χ3v) is 5.09. The van der Waals surface area contributed by atoms with Crippen LogP contribution in [0.3, 0.4) is 0 Å². The number of nitrogens with zero attached hydrogens (tertiary/aromatic N) is 2. The standard InChI is InChI=1S/C23H25N3O3/c1-5-28-19-12-11-16(13-20(19)29-6-2)22-21(15(4)27)14(3)24-23-25-17-9-7-8-10-18(17)26(22)23/h7-13,22H,5-6H2,1-4H3,(H,24,25)/t22-/m0/s1. The van der Waals surface area contributed by atoms with Gasteiger partial charge in [-0.15, -0.1) is 0 Å². The van der Waals surface area contributed by atoms with E-state index in [0.717, 1.165) is 28.2 Å². The van der Waals surface area contributed by atoms with Crippen molar-refractivity contribution in [2.75, 3.05) is 18.5 Å². The number of anilines is 1. The zero-order chi connectivity index (χ0) is 20.5. The molecule has 0 amide bonds. The van der Waals surface area contributed by atoms with Crippen LogP contribution in [-0.2, 0) is 4.79 Å². The van der Waals surface area contributed by atoms with Crippen LogP contribution in [0.15, 0.2) is 53.7 Å². The van der Waals surface area contributed by atoms with Crippen molar-refractivity contribution in [1.29, 1.82) is 0 Å². The molecule has 0 saturated carbocycles. The first kappa shape index (κ1) is 19.1. The molecule has 3 aromatic rings. The van der Waals surface area contributed by atoms with Gasteiger partial charge in [-0.25, -0.2) is 4.98 Å². The van der Waals surface area contributed by atoms with E-state index < -0.39 is 0 Å². The normalized spacial score (nSPS) is 15.8. The molecule has 6 heteroatoms. The van der Waals surface area contributed by atoms with Gasteiger partial charge in [-0.05, 0) is 57.5 Å². The first-order chi connectivity index (χ1) is 14.0. The topological polar surface area (TPSA) is 65.4 Å². The minimum atomic E-state index is -0.300. The van der Waals surface area contributed by atoms with Crippen molar-refractivity contribution in [3.8, 4) is 11.5 Å². The number of imidazole rings is 1. The molecule has 0 unspecified atom stereocenters. The molecule has 29 heavy (non-hydrogen) atoms. The lowest BCUT2D eigenvalue weighted by atomic mass is 9.92. The Hall–Kier alpha value is -3.28. The van der Waals surface area contributed by atoms with Gasteiger partial charge in [0.05, 0.1) is 30.3 Å². The summed E-state index contributed by atoms with van der Waals surface area (Å²) in [5.74, 6) is 2.13. The quantitative estimate of drug-likeness (QED) is 0.659. The largest absolute Gasteiger partial charge is 0.490 e. The van der Waals surface area contributed by atoms with E-state index >= 15 is 0 Å². The first-order valence-electron chi connectivity index (χ1n) is 9.90. The molecule has 1 atom stereocenters. The number of ether oxygens (including phenoxy) is 2. The van der Waals surface area contributed by atoms with Crippen LogP contribution in [0.2, 0.25) is 0 Å². The van der Waals surface area contributed by atoms with Gasteiger partial charge in [0.2, 0.25) is 5.95 Å². The summed E-state index contributed by atoms with van der Waals surface area (Å²) in [6.45, 7) is 8.50. The van der Waals surface area contributed by atoms with Crippen molar-refractivity contribution in [3.63, 3.8) is 0 Å². The average Bonchev–Trinajstić information content (AvgIpc) is 3.06. The predicted octanol–water partition coefficient (Wildman–Crippen LogP) is 4.71. The molecule has 6 nitrogen and oxygen atoms in total. The average molecular weight is 391 g/mol.